The number of hydrogen-bond acceptors (Lipinski definition) is 0. The molecule has 0 saturated heterocycles. The molecule has 0 bridgehead atoms. The van der Waals surface area contributed by atoms with Crippen molar-refractivity contribution in [2.24, 2.45) is 23.7 Å². The van der Waals surface area contributed by atoms with Gasteiger partial charge >= 0.3 is 116 Å². The minimum Gasteiger partial charge on any atom is 4.00 e. The van der Waals surface area contributed by atoms with Gasteiger partial charge in [0, 0.05) is 5.92 Å². The molecule has 0 fully saturated rings. The normalized spacial score (nSPS) is 15.4. The predicted octanol–water partition coefficient (Wildman–Crippen LogP) is 39.8. The first kappa shape index (κ1) is 141. The van der Waals surface area contributed by atoms with Crippen molar-refractivity contribution in [3.05, 3.63) is 409 Å². The fourth-order valence-electron chi connectivity index (χ4n) is 17.2. The van der Waals surface area contributed by atoms with Crippen LogP contribution in [0, 0.1) is 128 Å². The Kier molecular flexibility index (Phi) is 77.7. The molecule has 6 heteroatoms. The summed E-state index contributed by atoms with van der Waals surface area (Å²) >= 11 is -0.826. The van der Waals surface area contributed by atoms with E-state index in [1.165, 1.54) is 202 Å². The van der Waals surface area contributed by atoms with Crippen molar-refractivity contribution in [2.75, 3.05) is 0 Å². The van der Waals surface area contributed by atoms with E-state index >= 15 is 0 Å². The van der Waals surface area contributed by atoms with Gasteiger partial charge in [-0.2, -0.15) is 0 Å². The van der Waals surface area contributed by atoms with Crippen LogP contribution in [-0.2, 0) is 119 Å². The summed E-state index contributed by atoms with van der Waals surface area (Å²) in [5, 5.41) is 11.2. The number of hydrogen-bond donors (Lipinski definition) is 0. The Labute approximate surface area is 853 Å². The molecular weight excluding hydrogens is 1870 g/mol. The first-order valence-electron chi connectivity index (χ1n) is 41.0. The molecule has 0 spiro atoms. The molecule has 8 aromatic carbocycles. The Morgan fingerprint density at radius 3 is 0.736 bits per heavy atom. The van der Waals surface area contributed by atoms with E-state index in [1.807, 2.05) is 0 Å². The van der Waals surface area contributed by atoms with Crippen LogP contribution in [0.3, 0.4) is 0 Å². The van der Waals surface area contributed by atoms with Crippen LogP contribution < -0.4 is 0 Å². The molecule has 0 aromatic heterocycles. The van der Waals surface area contributed by atoms with Crippen molar-refractivity contribution in [1.29, 1.82) is 0 Å². The molecule has 0 radical (unpaired) electrons. The zero-order chi connectivity index (χ0) is 78.6. The summed E-state index contributed by atoms with van der Waals surface area (Å²) < 4.78 is 0. The van der Waals surface area contributed by atoms with Gasteiger partial charge in [0.25, 0.3) is 0 Å². The van der Waals surface area contributed by atoms with E-state index < -0.39 is 20.8 Å². The van der Waals surface area contributed by atoms with Crippen LogP contribution in [-0.4, -0.2) is 0 Å². The number of rotatable bonds is 10. The van der Waals surface area contributed by atoms with Gasteiger partial charge in [-0.3, -0.25) is 0 Å². The molecule has 3 atom stereocenters. The van der Waals surface area contributed by atoms with Gasteiger partial charge in [-0.25, -0.2) is 0 Å². The predicted molar refractivity (Wildman–Crippen MR) is 572 cm³/mol. The quantitative estimate of drug-likeness (QED) is 0.120. The second-order valence-corrected chi connectivity index (χ2v) is 35.4. The monoisotopic (exact) mass is 2030 g/mol. The maximum Gasteiger partial charge on any atom is 4.00 e. The molecule has 0 N–H and O–H groups in total. The molecule has 0 heterocycles. The third-order valence-corrected chi connectivity index (χ3v) is 25.4. The van der Waals surface area contributed by atoms with E-state index in [2.05, 4.69) is 341 Å². The summed E-state index contributed by atoms with van der Waals surface area (Å²) in [4.78, 5) is 0. The Morgan fingerprint density at radius 2 is 0.520 bits per heavy atom. The summed E-state index contributed by atoms with van der Waals surface area (Å²) in [6.07, 6.45) is 30.1. The second-order valence-electron chi connectivity index (χ2n) is 31.7. The molecule has 8 aromatic rings. The fourth-order valence-corrected chi connectivity index (χ4v) is 17.2. The van der Waals surface area contributed by atoms with E-state index in [0.29, 0.717) is 29.6 Å². The van der Waals surface area contributed by atoms with Crippen LogP contribution in [0.4, 0.5) is 0 Å². The summed E-state index contributed by atoms with van der Waals surface area (Å²) in [5.74, 6) is 3.39. The minimum atomic E-state index is -0.826. The van der Waals surface area contributed by atoms with Crippen LogP contribution >= 0.6 is 17.0 Å². The smallest absolute Gasteiger partial charge is 4.00 e. The van der Waals surface area contributed by atoms with Crippen molar-refractivity contribution in [3.63, 3.8) is 0 Å². The average molecular weight is 2040 g/mol. The van der Waals surface area contributed by atoms with Gasteiger partial charge in [0.2, 0.25) is 0 Å². The van der Waals surface area contributed by atoms with Gasteiger partial charge in [0.1, 0.15) is 0 Å². The molecule has 0 saturated carbocycles. The van der Waals surface area contributed by atoms with Gasteiger partial charge in [0.15, 0.2) is 0 Å². The van der Waals surface area contributed by atoms with Gasteiger partial charge in [-0.1, -0.05) is 321 Å². The Morgan fingerprint density at radius 1 is 0.280 bits per heavy atom. The second kappa shape index (κ2) is 68.8. The Balaban J connectivity index is -0.000000149. The number of fused-ring (bicyclic) bond motifs is 12. The zero-order valence-electron chi connectivity index (χ0n) is 86.2. The van der Waals surface area contributed by atoms with Crippen LogP contribution in [0.5, 0.6) is 0 Å². The fraction of sp³-hybridized carbons (Fsp3) is 0.345. The number of allylic oxidation sites excluding steroid dienone is 24. The van der Waals surface area contributed by atoms with Crippen LogP contribution in [0.15, 0.2) is 260 Å². The van der Waals surface area contributed by atoms with E-state index in [1.54, 1.807) is 50.1 Å². The molecule has 125 heavy (non-hydrogen) atoms. The first-order chi connectivity index (χ1) is 51.8. The molecule has 8 aliphatic carbocycles. The summed E-state index contributed by atoms with van der Waals surface area (Å²) in [5.41, 5.74) is 39.5. The van der Waals surface area contributed by atoms with E-state index in [-0.39, 0.29) is 183 Å². The number of halogens is 2. The van der Waals surface area contributed by atoms with E-state index in [4.69, 9.17) is 17.0 Å². The third kappa shape index (κ3) is 35.0. The molecule has 8 aliphatic rings. The topological polar surface area (TPSA) is 0 Å². The SMILES string of the molecule is CC1=C(C)C(C)C(C)=C1C.CC1=C(C)C(C)C(C)=C1C.CC1=CC(C)C(C)=C1C.CC1=CC(C)C(C)=C1C.CCCC1=CC(CCC)c2c1ccc1ccccc21.CCCC1=CCc2c1ccc1ccccc21.CCCC1=CCc2c1ccc1ccccc21.CCCC1=CCc2c1ccc1ccccc21.[CH3-].[CH3-].[CH3-].[CH3-].[CH3-].[CH3-].[CH3-].[CH3-].[CH3-].[CH3-].[CH3-].[CH3-].[CH3-].[CH3-].[Cl][Zr+2][Cl].[Zr+4].[Zr+4].[Zr+4]. The van der Waals surface area contributed by atoms with Crippen molar-refractivity contribution >= 4 is 82.4 Å². The van der Waals surface area contributed by atoms with Crippen LogP contribution in [0.2, 0.25) is 0 Å². The van der Waals surface area contributed by atoms with E-state index in [0.717, 1.165) is 19.3 Å². The van der Waals surface area contributed by atoms with Crippen molar-refractivity contribution < 1.29 is 99.5 Å². The zero-order valence-corrected chi connectivity index (χ0v) is 97.5. The van der Waals surface area contributed by atoms with Crippen molar-refractivity contribution in [2.45, 2.75) is 249 Å². The largest absolute Gasteiger partial charge is 4.00 e. The summed E-state index contributed by atoms with van der Waals surface area (Å²) in [6.45, 7) is 51.4. The minimum absolute atomic E-state index is 0. The average Bonchev–Trinajstić information content (AvgIpc) is 1.58. The third-order valence-electron chi connectivity index (χ3n) is 25.4. The van der Waals surface area contributed by atoms with Gasteiger partial charge in [-0.05, 0) is 315 Å². The first-order valence-corrected chi connectivity index (χ1v) is 47.4. The van der Waals surface area contributed by atoms with Crippen molar-refractivity contribution in [3.8, 4) is 0 Å². The summed E-state index contributed by atoms with van der Waals surface area (Å²) in [6, 6.07) is 53.2. The standard InChI is InChI=1S/C19H22.3C16H16.2C10H16.2C9H14.14CH3.2ClH.4Zr/c1-3-7-15-13-16(8-4-2)19-17-10-6-5-9-14(17)11-12-18(15)19;3*1-2-5-12-9-11-16-14-7-4-3-6-13(14)8-10-15(12)16;2*1-6-7(2)9(4)10(5)8(6)3;2*1-6-5-7(2)9(4)8(6)3;;;;;;;;;;;;;;;;;;;;/h5-6,9-13,16H,3-4,7-8H2,1-2H3;3*3-4,6-10H,2,5,11H2,1H3;2*6H,1-5H3;2*5-6H,1-4H3;14*1H3;2*1H;;;;/q;;;;;;;;14*-1;;;4*+4/p-2. The number of benzene rings is 8. The van der Waals surface area contributed by atoms with Crippen molar-refractivity contribution in [1.82, 2.24) is 0 Å². The van der Waals surface area contributed by atoms with Crippen LogP contribution in [0.25, 0.3) is 65.4 Å². The molecule has 16 rings (SSSR count). The van der Waals surface area contributed by atoms with Crippen LogP contribution in [0.1, 0.15) is 274 Å². The molecule has 0 nitrogen and oxygen atoms in total. The maximum atomic E-state index is 4.93. The van der Waals surface area contributed by atoms with Gasteiger partial charge in [0.05, 0.1) is 0 Å². The van der Waals surface area contributed by atoms with Gasteiger partial charge < -0.3 is 104 Å². The molecule has 0 amide bonds. The Bertz CT molecular complexity index is 4550. The molecular formula is C119H172Cl2Zr4. The summed E-state index contributed by atoms with van der Waals surface area (Å²) in [7, 11) is 9.87. The molecule has 678 valence electrons. The van der Waals surface area contributed by atoms with Gasteiger partial charge in [-0.15, -0.1) is 0 Å². The maximum absolute atomic E-state index is 4.93. The van der Waals surface area contributed by atoms with E-state index in [9.17, 15) is 0 Å². The molecule has 0 aliphatic heterocycles. The Hall–Kier alpha value is -4.21. The molecule has 3 unspecified atom stereocenters.